The standard InChI is InChI=1S/C10H15NO/c1-9(2)8-11-6-5-10-4-3-7-12-10/h3-4,7,11H,1,5-6,8H2,2H3. The Morgan fingerprint density at radius 3 is 3.08 bits per heavy atom. The first-order chi connectivity index (χ1) is 5.79. The highest BCUT2D eigenvalue weighted by atomic mass is 16.3. The Kier molecular flexibility index (Phi) is 3.61. The molecule has 0 saturated carbocycles. The Morgan fingerprint density at radius 2 is 2.50 bits per heavy atom. The van der Waals surface area contributed by atoms with Gasteiger partial charge in [-0.2, -0.15) is 0 Å². The largest absolute Gasteiger partial charge is 0.469 e. The minimum absolute atomic E-state index is 0.890. The molecule has 1 aromatic rings. The smallest absolute Gasteiger partial charge is 0.105 e. The average molecular weight is 165 g/mol. The summed E-state index contributed by atoms with van der Waals surface area (Å²) in [6.07, 6.45) is 2.65. The zero-order chi connectivity index (χ0) is 8.81. The van der Waals surface area contributed by atoms with Crippen molar-refractivity contribution in [2.75, 3.05) is 13.1 Å². The normalized spacial score (nSPS) is 10.1. The van der Waals surface area contributed by atoms with E-state index >= 15 is 0 Å². The van der Waals surface area contributed by atoms with Gasteiger partial charge in [0.05, 0.1) is 6.26 Å². The van der Waals surface area contributed by atoms with E-state index in [1.165, 1.54) is 0 Å². The van der Waals surface area contributed by atoms with Gasteiger partial charge in [0.15, 0.2) is 0 Å². The number of furan rings is 1. The van der Waals surface area contributed by atoms with Crippen molar-refractivity contribution in [3.8, 4) is 0 Å². The molecule has 0 unspecified atom stereocenters. The second kappa shape index (κ2) is 4.78. The number of hydrogen-bond acceptors (Lipinski definition) is 2. The monoisotopic (exact) mass is 165 g/mol. The van der Waals surface area contributed by atoms with Crippen molar-refractivity contribution in [1.29, 1.82) is 0 Å². The first-order valence-corrected chi connectivity index (χ1v) is 4.16. The van der Waals surface area contributed by atoms with Crippen LogP contribution in [0, 0.1) is 0 Å². The first-order valence-electron chi connectivity index (χ1n) is 4.16. The Labute approximate surface area is 73.3 Å². The Morgan fingerprint density at radius 1 is 1.67 bits per heavy atom. The molecule has 0 atom stereocenters. The van der Waals surface area contributed by atoms with Gasteiger partial charge in [-0.05, 0) is 19.1 Å². The molecule has 1 aromatic heterocycles. The van der Waals surface area contributed by atoms with Gasteiger partial charge < -0.3 is 9.73 Å². The highest BCUT2D eigenvalue weighted by Gasteiger charge is 1.93. The van der Waals surface area contributed by atoms with Gasteiger partial charge in [0.1, 0.15) is 5.76 Å². The SMILES string of the molecule is C=C(C)CNCCc1ccco1. The van der Waals surface area contributed by atoms with Gasteiger partial charge >= 0.3 is 0 Å². The van der Waals surface area contributed by atoms with E-state index in [1.807, 2.05) is 19.1 Å². The van der Waals surface area contributed by atoms with Crippen LogP contribution in [0.5, 0.6) is 0 Å². The quantitative estimate of drug-likeness (QED) is 0.533. The summed E-state index contributed by atoms with van der Waals surface area (Å²) < 4.78 is 5.18. The molecule has 1 rings (SSSR count). The molecule has 2 heteroatoms. The lowest BCUT2D eigenvalue weighted by atomic mass is 10.3. The van der Waals surface area contributed by atoms with Crippen molar-refractivity contribution in [3.63, 3.8) is 0 Å². The zero-order valence-electron chi connectivity index (χ0n) is 7.47. The van der Waals surface area contributed by atoms with Crippen molar-refractivity contribution >= 4 is 0 Å². The Balaban J connectivity index is 2.07. The maximum Gasteiger partial charge on any atom is 0.105 e. The lowest BCUT2D eigenvalue weighted by Gasteiger charge is -2.01. The van der Waals surface area contributed by atoms with Crippen LogP contribution in [0.3, 0.4) is 0 Å². The van der Waals surface area contributed by atoms with Crippen LogP contribution in [0.4, 0.5) is 0 Å². The fourth-order valence-electron chi connectivity index (χ4n) is 0.968. The molecular formula is C10H15NO. The molecule has 0 aliphatic carbocycles. The Bertz CT molecular complexity index is 226. The molecule has 0 spiro atoms. The van der Waals surface area contributed by atoms with Gasteiger partial charge in [-0.3, -0.25) is 0 Å². The van der Waals surface area contributed by atoms with Crippen molar-refractivity contribution < 1.29 is 4.42 Å². The maximum absolute atomic E-state index is 5.18. The van der Waals surface area contributed by atoms with E-state index in [1.54, 1.807) is 6.26 Å². The highest BCUT2D eigenvalue weighted by molar-refractivity contribution is 4.98. The van der Waals surface area contributed by atoms with Gasteiger partial charge in [-0.25, -0.2) is 0 Å². The first kappa shape index (κ1) is 9.07. The summed E-state index contributed by atoms with van der Waals surface area (Å²) in [6.45, 7) is 7.65. The van der Waals surface area contributed by atoms with Gasteiger partial charge in [0.2, 0.25) is 0 Å². The summed E-state index contributed by atoms with van der Waals surface area (Å²) in [7, 11) is 0. The molecule has 66 valence electrons. The predicted molar refractivity (Wildman–Crippen MR) is 50.1 cm³/mol. The molecule has 0 bridgehead atoms. The third kappa shape index (κ3) is 3.39. The molecule has 0 aliphatic rings. The van der Waals surface area contributed by atoms with Crippen LogP contribution in [-0.4, -0.2) is 13.1 Å². The van der Waals surface area contributed by atoms with E-state index in [0.29, 0.717) is 0 Å². The molecule has 0 saturated heterocycles. The van der Waals surface area contributed by atoms with E-state index in [2.05, 4.69) is 11.9 Å². The fourth-order valence-corrected chi connectivity index (χ4v) is 0.968. The van der Waals surface area contributed by atoms with Crippen LogP contribution in [-0.2, 0) is 6.42 Å². The van der Waals surface area contributed by atoms with Crippen LogP contribution >= 0.6 is 0 Å². The molecule has 0 amide bonds. The van der Waals surface area contributed by atoms with Crippen molar-refractivity contribution in [1.82, 2.24) is 5.32 Å². The topological polar surface area (TPSA) is 25.2 Å². The van der Waals surface area contributed by atoms with Crippen LogP contribution in [0.25, 0.3) is 0 Å². The highest BCUT2D eigenvalue weighted by Crippen LogP contribution is 1.99. The van der Waals surface area contributed by atoms with Crippen LogP contribution in [0.15, 0.2) is 35.0 Å². The summed E-state index contributed by atoms with van der Waals surface area (Å²) in [4.78, 5) is 0. The van der Waals surface area contributed by atoms with Crippen molar-refractivity contribution in [3.05, 3.63) is 36.3 Å². The van der Waals surface area contributed by atoms with Crippen molar-refractivity contribution in [2.45, 2.75) is 13.3 Å². The number of nitrogens with one attached hydrogen (secondary N) is 1. The van der Waals surface area contributed by atoms with Crippen molar-refractivity contribution in [2.24, 2.45) is 0 Å². The van der Waals surface area contributed by atoms with E-state index in [-0.39, 0.29) is 0 Å². The van der Waals surface area contributed by atoms with Crippen LogP contribution in [0.1, 0.15) is 12.7 Å². The molecule has 0 radical (unpaired) electrons. The summed E-state index contributed by atoms with van der Waals surface area (Å²) in [5.41, 5.74) is 1.16. The third-order valence-electron chi connectivity index (χ3n) is 1.56. The Hall–Kier alpha value is -1.02. The van der Waals surface area contributed by atoms with Gasteiger partial charge in [-0.15, -0.1) is 0 Å². The average Bonchev–Trinajstić information content (AvgIpc) is 2.49. The summed E-state index contributed by atoms with van der Waals surface area (Å²) in [5, 5.41) is 3.26. The van der Waals surface area contributed by atoms with E-state index < -0.39 is 0 Å². The van der Waals surface area contributed by atoms with Gasteiger partial charge in [-0.1, -0.05) is 12.2 Å². The van der Waals surface area contributed by atoms with E-state index in [9.17, 15) is 0 Å². The third-order valence-corrected chi connectivity index (χ3v) is 1.56. The molecule has 1 N–H and O–H groups in total. The minimum Gasteiger partial charge on any atom is -0.469 e. The molecule has 2 nitrogen and oxygen atoms in total. The second-order valence-corrected chi connectivity index (χ2v) is 2.96. The lowest BCUT2D eigenvalue weighted by Crippen LogP contribution is -2.18. The molecule has 1 heterocycles. The summed E-state index contributed by atoms with van der Waals surface area (Å²) in [5.74, 6) is 1.03. The molecule has 0 aliphatic heterocycles. The summed E-state index contributed by atoms with van der Waals surface area (Å²) in [6, 6.07) is 3.90. The maximum atomic E-state index is 5.18. The van der Waals surface area contributed by atoms with Gasteiger partial charge in [0, 0.05) is 19.5 Å². The number of hydrogen-bond donors (Lipinski definition) is 1. The summed E-state index contributed by atoms with van der Waals surface area (Å²) >= 11 is 0. The molecule has 0 fully saturated rings. The molecule has 12 heavy (non-hydrogen) atoms. The van der Waals surface area contributed by atoms with Gasteiger partial charge in [0.25, 0.3) is 0 Å². The van der Waals surface area contributed by atoms with E-state index in [0.717, 1.165) is 30.8 Å². The van der Waals surface area contributed by atoms with Crippen LogP contribution in [0.2, 0.25) is 0 Å². The zero-order valence-corrected chi connectivity index (χ0v) is 7.47. The predicted octanol–water partition coefficient (Wildman–Crippen LogP) is 1.99. The second-order valence-electron chi connectivity index (χ2n) is 2.96. The lowest BCUT2D eigenvalue weighted by molar-refractivity contribution is 0.501. The fraction of sp³-hybridized carbons (Fsp3) is 0.400. The molecular weight excluding hydrogens is 150 g/mol. The van der Waals surface area contributed by atoms with Crippen LogP contribution < -0.4 is 5.32 Å². The van der Waals surface area contributed by atoms with E-state index in [4.69, 9.17) is 4.42 Å². The molecule has 0 aromatic carbocycles. The minimum atomic E-state index is 0.890. The number of rotatable bonds is 5.